The van der Waals surface area contributed by atoms with Crippen LogP contribution in [0.3, 0.4) is 0 Å². The summed E-state index contributed by atoms with van der Waals surface area (Å²) in [5.41, 5.74) is 6.07. The summed E-state index contributed by atoms with van der Waals surface area (Å²) in [6.45, 7) is 1.79. The number of amides is 1. The van der Waals surface area contributed by atoms with Crippen LogP contribution in [0.4, 0.5) is 4.79 Å². The lowest BCUT2D eigenvalue weighted by Gasteiger charge is -2.13. The third kappa shape index (κ3) is 1.66. The molecule has 0 radical (unpaired) electrons. The molecular formula is C8H10N2O2S. The smallest absolute Gasteiger partial charge is 0.409 e. The van der Waals surface area contributed by atoms with Gasteiger partial charge in [0.05, 0.1) is 0 Å². The van der Waals surface area contributed by atoms with Gasteiger partial charge in [-0.3, -0.25) is 0 Å². The van der Waals surface area contributed by atoms with Crippen LogP contribution in [0.25, 0.3) is 0 Å². The fraction of sp³-hybridized carbons (Fsp3) is 0.375. The molecule has 1 amide bonds. The number of fused-ring (bicyclic) bond motifs is 1. The van der Waals surface area contributed by atoms with Gasteiger partial charge in [-0.15, -0.1) is 11.3 Å². The normalized spacial score (nSPS) is 15.1. The van der Waals surface area contributed by atoms with Crippen molar-refractivity contribution in [3.05, 3.63) is 15.8 Å². The Hall–Kier alpha value is -1.07. The third-order valence-corrected chi connectivity index (χ3v) is 3.00. The summed E-state index contributed by atoms with van der Waals surface area (Å²) < 4.78 is 4.87. The number of nitrogens with two attached hydrogens (primary N) is 1. The predicted molar refractivity (Wildman–Crippen MR) is 49.9 cm³/mol. The van der Waals surface area contributed by atoms with Gasteiger partial charge in [-0.25, -0.2) is 4.79 Å². The minimum absolute atomic E-state index is 0.633. The molecule has 1 aromatic rings. The van der Waals surface area contributed by atoms with Crippen molar-refractivity contribution in [1.82, 2.24) is 5.32 Å². The van der Waals surface area contributed by atoms with E-state index in [4.69, 9.17) is 10.5 Å². The van der Waals surface area contributed by atoms with Crippen molar-refractivity contribution in [3.63, 3.8) is 0 Å². The maximum atomic E-state index is 10.5. The van der Waals surface area contributed by atoms with Crippen LogP contribution in [-0.2, 0) is 13.0 Å². The highest BCUT2D eigenvalue weighted by molar-refractivity contribution is 7.10. The Labute approximate surface area is 79.7 Å². The van der Waals surface area contributed by atoms with Gasteiger partial charge in [0, 0.05) is 22.4 Å². The highest BCUT2D eigenvalue weighted by atomic mass is 32.1. The topological polar surface area (TPSA) is 64.4 Å². The zero-order valence-corrected chi connectivity index (χ0v) is 7.82. The van der Waals surface area contributed by atoms with Gasteiger partial charge in [0.25, 0.3) is 0 Å². The Morgan fingerprint density at radius 3 is 3.31 bits per heavy atom. The average Bonchev–Trinajstić information content (AvgIpc) is 2.48. The van der Waals surface area contributed by atoms with E-state index in [1.165, 1.54) is 4.88 Å². The van der Waals surface area contributed by atoms with Crippen molar-refractivity contribution < 1.29 is 9.53 Å². The van der Waals surface area contributed by atoms with Gasteiger partial charge in [-0.1, -0.05) is 0 Å². The molecule has 0 saturated heterocycles. The van der Waals surface area contributed by atoms with Gasteiger partial charge in [-0.05, 0) is 13.0 Å². The zero-order valence-electron chi connectivity index (χ0n) is 7.00. The molecule has 3 N–H and O–H groups in total. The first-order valence-electron chi connectivity index (χ1n) is 4.04. The molecule has 0 atom stereocenters. The summed E-state index contributed by atoms with van der Waals surface area (Å²) in [5, 5.41) is 5.08. The molecule has 0 aromatic carbocycles. The second kappa shape index (κ2) is 3.35. The summed E-state index contributed by atoms with van der Waals surface area (Å²) >= 11 is 1.60. The monoisotopic (exact) mass is 198 g/mol. The van der Waals surface area contributed by atoms with Crippen molar-refractivity contribution in [3.8, 4) is 5.75 Å². The number of carbonyl (C=O) groups excluding carboxylic acids is 1. The molecule has 0 saturated carbocycles. The van der Waals surface area contributed by atoms with E-state index in [1.54, 1.807) is 11.3 Å². The molecule has 5 heteroatoms. The molecular weight excluding hydrogens is 188 g/mol. The molecule has 0 unspecified atom stereocenters. The molecule has 2 heterocycles. The van der Waals surface area contributed by atoms with Crippen LogP contribution in [0, 0.1) is 0 Å². The highest BCUT2D eigenvalue weighted by Gasteiger charge is 2.17. The van der Waals surface area contributed by atoms with Gasteiger partial charge in [0.1, 0.15) is 5.75 Å². The van der Waals surface area contributed by atoms with Crippen molar-refractivity contribution in [2.75, 3.05) is 6.54 Å². The number of hydrogen-bond acceptors (Lipinski definition) is 4. The molecule has 1 aliphatic rings. The first kappa shape index (κ1) is 8.52. The van der Waals surface area contributed by atoms with Crippen LogP contribution in [0.5, 0.6) is 5.75 Å². The summed E-state index contributed by atoms with van der Waals surface area (Å²) in [5.74, 6) is 0.633. The lowest BCUT2D eigenvalue weighted by molar-refractivity contribution is 0.210. The van der Waals surface area contributed by atoms with E-state index in [1.807, 2.05) is 5.38 Å². The van der Waals surface area contributed by atoms with E-state index in [2.05, 4.69) is 5.32 Å². The first-order valence-corrected chi connectivity index (χ1v) is 4.92. The number of rotatable bonds is 1. The second-order valence-electron chi connectivity index (χ2n) is 2.85. The van der Waals surface area contributed by atoms with Crippen LogP contribution in [0.15, 0.2) is 5.38 Å². The van der Waals surface area contributed by atoms with Crippen LogP contribution >= 0.6 is 11.3 Å². The second-order valence-corrected chi connectivity index (χ2v) is 3.81. The predicted octanol–water partition coefficient (Wildman–Crippen LogP) is 0.851. The minimum atomic E-state index is -0.737. The van der Waals surface area contributed by atoms with E-state index in [-0.39, 0.29) is 0 Å². The largest absolute Gasteiger partial charge is 0.410 e. The molecule has 0 bridgehead atoms. The molecule has 0 aliphatic carbocycles. The number of nitrogens with one attached hydrogen (secondary N) is 1. The fourth-order valence-electron chi connectivity index (χ4n) is 1.42. The Morgan fingerprint density at radius 2 is 2.54 bits per heavy atom. The summed E-state index contributed by atoms with van der Waals surface area (Å²) in [6.07, 6.45) is 0.167. The van der Waals surface area contributed by atoms with Crippen molar-refractivity contribution in [2.24, 2.45) is 5.73 Å². The van der Waals surface area contributed by atoms with E-state index >= 15 is 0 Å². The molecule has 4 nitrogen and oxygen atoms in total. The van der Waals surface area contributed by atoms with Crippen molar-refractivity contribution >= 4 is 17.4 Å². The summed E-state index contributed by atoms with van der Waals surface area (Å²) in [4.78, 5) is 11.8. The van der Waals surface area contributed by atoms with Gasteiger partial charge >= 0.3 is 6.09 Å². The molecule has 1 aliphatic heterocycles. The van der Waals surface area contributed by atoms with Crippen molar-refractivity contribution in [2.45, 2.75) is 13.0 Å². The Balaban J connectivity index is 2.26. The Bertz CT molecular complexity index is 335. The quantitative estimate of drug-likeness (QED) is 0.703. The van der Waals surface area contributed by atoms with Crippen LogP contribution < -0.4 is 15.8 Å². The standard InChI is InChI=1S/C8H10N2O2S/c9-8(11)12-6-4-13-7-3-10-2-1-5(6)7/h4,10H,1-3H2,(H2,9,11). The van der Waals surface area contributed by atoms with Gasteiger partial charge < -0.3 is 15.8 Å². The molecule has 70 valence electrons. The molecule has 0 fully saturated rings. The average molecular weight is 198 g/mol. The lowest BCUT2D eigenvalue weighted by Crippen LogP contribution is -2.23. The molecule has 13 heavy (non-hydrogen) atoms. The summed E-state index contributed by atoms with van der Waals surface area (Å²) in [7, 11) is 0. The third-order valence-electron chi connectivity index (χ3n) is 1.99. The lowest BCUT2D eigenvalue weighted by atomic mass is 10.1. The number of thiophene rings is 1. The summed E-state index contributed by atoms with van der Waals surface area (Å²) in [6, 6.07) is 0. The van der Waals surface area contributed by atoms with Crippen LogP contribution in [0.2, 0.25) is 0 Å². The van der Waals surface area contributed by atoms with E-state index in [0.29, 0.717) is 5.75 Å². The Morgan fingerprint density at radius 1 is 1.69 bits per heavy atom. The SMILES string of the molecule is NC(=O)Oc1csc2c1CCNC2. The minimum Gasteiger partial charge on any atom is -0.409 e. The maximum absolute atomic E-state index is 10.5. The van der Waals surface area contributed by atoms with E-state index in [9.17, 15) is 4.79 Å². The molecule has 0 spiro atoms. The number of carbonyl (C=O) groups is 1. The first-order chi connectivity index (χ1) is 6.27. The van der Waals surface area contributed by atoms with Gasteiger partial charge in [0.15, 0.2) is 0 Å². The maximum Gasteiger partial charge on any atom is 0.410 e. The molecule has 1 aromatic heterocycles. The van der Waals surface area contributed by atoms with Crippen LogP contribution in [-0.4, -0.2) is 12.6 Å². The number of ether oxygens (including phenoxy) is 1. The van der Waals surface area contributed by atoms with Crippen LogP contribution in [0.1, 0.15) is 10.4 Å². The van der Waals surface area contributed by atoms with Gasteiger partial charge in [-0.2, -0.15) is 0 Å². The number of primary amides is 1. The van der Waals surface area contributed by atoms with Crippen molar-refractivity contribution in [1.29, 1.82) is 0 Å². The van der Waals surface area contributed by atoms with E-state index < -0.39 is 6.09 Å². The highest BCUT2D eigenvalue weighted by Crippen LogP contribution is 2.31. The zero-order chi connectivity index (χ0) is 9.26. The Kier molecular flexibility index (Phi) is 2.20. The number of hydrogen-bond donors (Lipinski definition) is 2. The molecule has 2 rings (SSSR count). The fourth-order valence-corrected chi connectivity index (χ4v) is 2.39. The van der Waals surface area contributed by atoms with Gasteiger partial charge in [0.2, 0.25) is 0 Å². The van der Waals surface area contributed by atoms with E-state index in [0.717, 1.165) is 25.1 Å².